The van der Waals surface area contributed by atoms with E-state index >= 15 is 0 Å². The van der Waals surface area contributed by atoms with Gasteiger partial charge in [-0.2, -0.15) is 0 Å². The monoisotopic (exact) mass is 366 g/mol. The van der Waals surface area contributed by atoms with Crippen molar-refractivity contribution in [2.75, 3.05) is 30.0 Å². The second kappa shape index (κ2) is 6.95. The lowest BCUT2D eigenvalue weighted by Crippen LogP contribution is -2.28. The van der Waals surface area contributed by atoms with Crippen LogP contribution in [0.2, 0.25) is 0 Å². The van der Waals surface area contributed by atoms with E-state index in [2.05, 4.69) is 5.32 Å². The minimum Gasteiger partial charge on any atom is -0.486 e. The van der Waals surface area contributed by atoms with E-state index < -0.39 is 0 Å². The van der Waals surface area contributed by atoms with Crippen LogP contribution in [0.1, 0.15) is 17.5 Å². The average Bonchev–Trinajstić information content (AvgIpc) is 3.07. The topological polar surface area (TPSA) is 67.9 Å². The van der Waals surface area contributed by atoms with Gasteiger partial charge in [-0.05, 0) is 43.2 Å². The number of hydrogen-bond donors (Lipinski definition) is 1. The van der Waals surface area contributed by atoms with E-state index in [1.165, 1.54) is 0 Å². The number of carbonyl (C=O) groups is 2. The number of rotatable bonds is 3. The fourth-order valence-corrected chi connectivity index (χ4v) is 3.45. The second-order valence-electron chi connectivity index (χ2n) is 6.97. The molecule has 1 fully saturated rings. The van der Waals surface area contributed by atoms with E-state index in [0.29, 0.717) is 31.3 Å². The first-order chi connectivity index (χ1) is 13.0. The Labute approximate surface area is 158 Å². The molecule has 0 radical (unpaired) electrons. The molecule has 140 valence electrons. The zero-order valence-corrected chi connectivity index (χ0v) is 15.5. The largest absolute Gasteiger partial charge is 0.486 e. The van der Waals surface area contributed by atoms with Crippen LogP contribution in [0.3, 0.4) is 0 Å². The molecule has 0 aliphatic carbocycles. The van der Waals surface area contributed by atoms with Gasteiger partial charge < -0.3 is 19.7 Å². The third kappa shape index (κ3) is 3.35. The van der Waals surface area contributed by atoms with Crippen LogP contribution >= 0.6 is 0 Å². The van der Waals surface area contributed by atoms with Gasteiger partial charge in [-0.15, -0.1) is 0 Å². The standard InChI is InChI=1S/C21H22N2O4/c1-13-4-3-5-17(14(13)2)22-21(25)15-10-20(24)23(12-15)16-6-7-18-19(11-16)27-9-8-26-18/h3-7,11,15H,8-10,12H2,1-2H3,(H,22,25)/t15-/m0/s1. The molecule has 1 saturated heterocycles. The molecular formula is C21H22N2O4. The summed E-state index contributed by atoms with van der Waals surface area (Å²) in [6.45, 7) is 5.36. The van der Waals surface area contributed by atoms with E-state index in [-0.39, 0.29) is 24.2 Å². The van der Waals surface area contributed by atoms with Crippen molar-refractivity contribution in [2.24, 2.45) is 5.92 Å². The normalized spacial score (nSPS) is 18.5. The summed E-state index contributed by atoms with van der Waals surface area (Å²) in [6, 6.07) is 11.2. The minimum absolute atomic E-state index is 0.0622. The Kier molecular flexibility index (Phi) is 4.48. The molecule has 0 saturated carbocycles. The van der Waals surface area contributed by atoms with Gasteiger partial charge in [0.2, 0.25) is 11.8 Å². The molecule has 0 spiro atoms. The lowest BCUT2D eigenvalue weighted by molar-refractivity contribution is -0.122. The van der Waals surface area contributed by atoms with Crippen molar-refractivity contribution in [1.82, 2.24) is 0 Å². The number of carbonyl (C=O) groups excluding carboxylic acids is 2. The fourth-order valence-electron chi connectivity index (χ4n) is 3.45. The zero-order chi connectivity index (χ0) is 19.0. The lowest BCUT2D eigenvalue weighted by atomic mass is 10.1. The van der Waals surface area contributed by atoms with Gasteiger partial charge in [0, 0.05) is 30.4 Å². The fraction of sp³-hybridized carbons (Fsp3) is 0.333. The first-order valence-electron chi connectivity index (χ1n) is 9.10. The summed E-state index contributed by atoms with van der Waals surface area (Å²) in [5, 5.41) is 2.97. The van der Waals surface area contributed by atoms with Crippen LogP contribution in [-0.2, 0) is 9.59 Å². The van der Waals surface area contributed by atoms with Crippen LogP contribution in [0.15, 0.2) is 36.4 Å². The lowest BCUT2D eigenvalue weighted by Gasteiger charge is -2.22. The smallest absolute Gasteiger partial charge is 0.229 e. The molecule has 1 atom stereocenters. The molecule has 2 aromatic rings. The van der Waals surface area contributed by atoms with Crippen molar-refractivity contribution in [3.05, 3.63) is 47.5 Å². The number of fused-ring (bicyclic) bond motifs is 1. The number of anilines is 2. The summed E-state index contributed by atoms with van der Waals surface area (Å²) in [6.07, 6.45) is 0.200. The van der Waals surface area contributed by atoms with Gasteiger partial charge >= 0.3 is 0 Å². The van der Waals surface area contributed by atoms with Crippen LogP contribution in [-0.4, -0.2) is 31.6 Å². The molecule has 2 heterocycles. The summed E-state index contributed by atoms with van der Waals surface area (Å²) in [5.41, 5.74) is 3.68. The van der Waals surface area contributed by atoms with Crippen LogP contribution < -0.4 is 19.7 Å². The number of hydrogen-bond acceptors (Lipinski definition) is 4. The number of aryl methyl sites for hydroxylation is 1. The van der Waals surface area contributed by atoms with Gasteiger partial charge in [0.15, 0.2) is 11.5 Å². The van der Waals surface area contributed by atoms with Crippen molar-refractivity contribution in [2.45, 2.75) is 20.3 Å². The Morgan fingerprint density at radius 3 is 2.70 bits per heavy atom. The maximum atomic E-state index is 12.7. The summed E-state index contributed by atoms with van der Waals surface area (Å²) >= 11 is 0. The third-order valence-corrected chi connectivity index (χ3v) is 5.20. The van der Waals surface area contributed by atoms with E-state index in [4.69, 9.17) is 9.47 Å². The first-order valence-corrected chi connectivity index (χ1v) is 9.10. The van der Waals surface area contributed by atoms with Crippen LogP contribution in [0.4, 0.5) is 11.4 Å². The number of amides is 2. The van der Waals surface area contributed by atoms with E-state index in [9.17, 15) is 9.59 Å². The van der Waals surface area contributed by atoms with Gasteiger partial charge in [-0.25, -0.2) is 0 Å². The van der Waals surface area contributed by atoms with Gasteiger partial charge in [0.25, 0.3) is 0 Å². The van der Waals surface area contributed by atoms with Crippen molar-refractivity contribution < 1.29 is 19.1 Å². The Balaban J connectivity index is 1.49. The highest BCUT2D eigenvalue weighted by Crippen LogP contribution is 2.36. The van der Waals surface area contributed by atoms with Gasteiger partial charge in [0.1, 0.15) is 13.2 Å². The van der Waals surface area contributed by atoms with Crippen LogP contribution in [0.25, 0.3) is 0 Å². The Morgan fingerprint density at radius 1 is 1.11 bits per heavy atom. The predicted octanol–water partition coefficient (Wildman–Crippen LogP) is 3.07. The summed E-state index contributed by atoms with van der Waals surface area (Å²) in [4.78, 5) is 26.8. The predicted molar refractivity (Wildman–Crippen MR) is 102 cm³/mol. The van der Waals surface area contributed by atoms with Crippen molar-refractivity contribution >= 4 is 23.2 Å². The van der Waals surface area contributed by atoms with E-state index in [1.54, 1.807) is 17.0 Å². The van der Waals surface area contributed by atoms with Crippen molar-refractivity contribution in [3.8, 4) is 11.5 Å². The van der Waals surface area contributed by atoms with Gasteiger partial charge in [-0.3, -0.25) is 9.59 Å². The molecule has 6 nitrogen and oxygen atoms in total. The highest BCUT2D eigenvalue weighted by atomic mass is 16.6. The summed E-state index contributed by atoms with van der Waals surface area (Å²) in [7, 11) is 0. The van der Waals surface area contributed by atoms with Gasteiger partial charge in [-0.1, -0.05) is 12.1 Å². The highest BCUT2D eigenvalue weighted by molar-refractivity contribution is 6.03. The average molecular weight is 366 g/mol. The molecule has 2 aliphatic heterocycles. The van der Waals surface area contributed by atoms with Crippen LogP contribution in [0.5, 0.6) is 11.5 Å². The molecule has 1 N–H and O–H groups in total. The maximum absolute atomic E-state index is 12.7. The second-order valence-corrected chi connectivity index (χ2v) is 6.97. The molecule has 2 aromatic carbocycles. The molecule has 4 rings (SSSR count). The Hall–Kier alpha value is -3.02. The van der Waals surface area contributed by atoms with Gasteiger partial charge in [0.05, 0.1) is 5.92 Å². The highest BCUT2D eigenvalue weighted by Gasteiger charge is 2.35. The number of benzene rings is 2. The molecule has 0 aromatic heterocycles. The first kappa shape index (κ1) is 17.4. The van der Waals surface area contributed by atoms with Crippen molar-refractivity contribution in [1.29, 1.82) is 0 Å². The molecular weight excluding hydrogens is 344 g/mol. The third-order valence-electron chi connectivity index (χ3n) is 5.20. The Bertz CT molecular complexity index is 909. The molecule has 0 bridgehead atoms. The van der Waals surface area contributed by atoms with Crippen molar-refractivity contribution in [3.63, 3.8) is 0 Å². The molecule has 0 unspecified atom stereocenters. The number of nitrogens with one attached hydrogen (secondary N) is 1. The number of ether oxygens (including phenoxy) is 2. The Morgan fingerprint density at radius 2 is 1.89 bits per heavy atom. The van der Waals surface area contributed by atoms with E-state index in [0.717, 1.165) is 22.5 Å². The molecule has 27 heavy (non-hydrogen) atoms. The molecule has 2 amide bonds. The minimum atomic E-state index is -0.384. The van der Waals surface area contributed by atoms with Crippen LogP contribution in [0, 0.1) is 19.8 Å². The molecule has 6 heteroatoms. The van der Waals surface area contributed by atoms with E-state index in [1.807, 2.05) is 38.1 Å². The number of nitrogens with zero attached hydrogens (tertiary/aromatic N) is 1. The quantitative estimate of drug-likeness (QED) is 0.907. The zero-order valence-electron chi connectivity index (χ0n) is 15.5. The summed E-state index contributed by atoms with van der Waals surface area (Å²) in [5.74, 6) is 0.742. The maximum Gasteiger partial charge on any atom is 0.229 e. The molecule has 2 aliphatic rings. The summed E-state index contributed by atoms with van der Waals surface area (Å²) < 4.78 is 11.1. The SMILES string of the molecule is Cc1cccc(NC(=O)[C@H]2CC(=O)N(c3ccc4c(c3)OCCO4)C2)c1C.